The second-order valence-corrected chi connectivity index (χ2v) is 8.65. The Morgan fingerprint density at radius 3 is 2.41 bits per heavy atom. The summed E-state index contributed by atoms with van der Waals surface area (Å²) in [6.45, 7) is 4.34. The Balaban J connectivity index is 1.59. The van der Waals surface area contributed by atoms with Gasteiger partial charge in [-0.05, 0) is 70.4 Å². The Morgan fingerprint density at radius 2 is 1.56 bits per heavy atom. The predicted molar refractivity (Wildman–Crippen MR) is 128 cm³/mol. The number of furan rings is 2. The van der Waals surface area contributed by atoms with E-state index in [2.05, 4.69) is 90.7 Å². The van der Waals surface area contributed by atoms with Crippen molar-refractivity contribution in [3.05, 3.63) is 84.4 Å². The summed E-state index contributed by atoms with van der Waals surface area (Å²) in [4.78, 5) is 0. The third-order valence-corrected chi connectivity index (χ3v) is 6.92. The number of aromatic nitrogens is 2. The van der Waals surface area contributed by atoms with Crippen LogP contribution >= 0.6 is 0 Å². The van der Waals surface area contributed by atoms with Crippen LogP contribution in [0.15, 0.2) is 81.8 Å². The van der Waals surface area contributed by atoms with Gasteiger partial charge in [0.25, 0.3) is 11.6 Å². The van der Waals surface area contributed by atoms with Crippen LogP contribution in [-0.2, 0) is 7.05 Å². The molecule has 0 aliphatic carbocycles. The Labute approximate surface area is 183 Å². The molecule has 154 valence electrons. The molecule has 4 heteroatoms. The lowest BCUT2D eigenvalue weighted by Gasteiger charge is -2.06. The third kappa shape index (κ3) is 2.19. The molecule has 0 unspecified atom stereocenters. The third-order valence-electron chi connectivity index (χ3n) is 6.92. The monoisotopic (exact) mass is 417 g/mol. The summed E-state index contributed by atoms with van der Waals surface area (Å²) in [7, 11) is 2.14. The average molecular weight is 417 g/mol. The molecule has 7 aromatic rings. The Bertz CT molecular complexity index is 1860. The fourth-order valence-corrected chi connectivity index (χ4v) is 5.15. The fourth-order valence-electron chi connectivity index (χ4n) is 5.15. The van der Waals surface area contributed by atoms with Gasteiger partial charge < -0.3 is 8.83 Å². The maximum absolute atomic E-state index is 5.98. The van der Waals surface area contributed by atoms with Crippen molar-refractivity contribution in [1.82, 2.24) is 4.57 Å². The standard InChI is InChI=1S/C28H21N2O2/c1-16-6-4-5-7-24(16)30-17(2)29(3)25-14-21-19(13-26(25)30)9-8-18-12-23-20-10-11-31-28(20)32-27(23)15-22(18)21/h4-15H,1-3H3/q+1. The van der Waals surface area contributed by atoms with E-state index in [-0.39, 0.29) is 0 Å². The fraction of sp³-hybridized carbons (Fsp3) is 0.107. The number of hydrogen-bond acceptors (Lipinski definition) is 2. The first kappa shape index (κ1) is 17.6. The van der Waals surface area contributed by atoms with Gasteiger partial charge in [0.2, 0.25) is 0 Å². The molecule has 0 N–H and O–H groups in total. The zero-order chi connectivity index (χ0) is 21.6. The molecule has 4 aromatic carbocycles. The Morgan fingerprint density at radius 1 is 0.781 bits per heavy atom. The highest BCUT2D eigenvalue weighted by molar-refractivity contribution is 6.17. The molecule has 0 aliphatic rings. The quantitative estimate of drug-likeness (QED) is 0.216. The zero-order valence-electron chi connectivity index (χ0n) is 18.1. The Kier molecular flexibility index (Phi) is 3.31. The summed E-state index contributed by atoms with van der Waals surface area (Å²) in [6.07, 6.45) is 1.68. The molecule has 0 fully saturated rings. The summed E-state index contributed by atoms with van der Waals surface area (Å²) in [5.41, 5.74) is 5.76. The summed E-state index contributed by atoms with van der Waals surface area (Å²) in [5.74, 6) is 1.78. The van der Waals surface area contributed by atoms with Gasteiger partial charge in [-0.25, -0.2) is 4.57 Å². The van der Waals surface area contributed by atoms with Crippen LogP contribution in [0.4, 0.5) is 0 Å². The van der Waals surface area contributed by atoms with Crippen LogP contribution in [0.2, 0.25) is 0 Å². The molecule has 3 heterocycles. The minimum atomic E-state index is 0.583. The van der Waals surface area contributed by atoms with E-state index < -0.39 is 0 Å². The summed E-state index contributed by atoms with van der Waals surface area (Å²) in [5, 5.41) is 6.94. The molecule has 7 rings (SSSR count). The highest BCUT2D eigenvalue weighted by Gasteiger charge is 2.23. The molecule has 0 spiro atoms. The Hall–Kier alpha value is -4.05. The van der Waals surface area contributed by atoms with E-state index in [0.29, 0.717) is 5.78 Å². The van der Waals surface area contributed by atoms with E-state index in [1.54, 1.807) is 6.26 Å². The van der Waals surface area contributed by atoms with E-state index in [4.69, 9.17) is 8.83 Å². The minimum absolute atomic E-state index is 0.583. The number of nitrogens with zero attached hydrogens (tertiary/aromatic N) is 2. The van der Waals surface area contributed by atoms with Crippen LogP contribution in [-0.4, -0.2) is 4.57 Å². The lowest BCUT2D eigenvalue weighted by atomic mass is 9.99. The SMILES string of the molecule is Cc1ccccc1-n1c(C)[n+](C)c2cc3c(ccc4cc5c(cc43)oc3occc35)cc21. The topological polar surface area (TPSA) is 35.1 Å². The van der Waals surface area contributed by atoms with Crippen molar-refractivity contribution in [1.29, 1.82) is 0 Å². The van der Waals surface area contributed by atoms with Gasteiger partial charge >= 0.3 is 0 Å². The van der Waals surface area contributed by atoms with Gasteiger partial charge in [-0.1, -0.05) is 30.3 Å². The van der Waals surface area contributed by atoms with Gasteiger partial charge in [0, 0.05) is 12.3 Å². The smallest absolute Gasteiger partial charge is 0.298 e. The summed E-state index contributed by atoms with van der Waals surface area (Å²) >= 11 is 0. The van der Waals surface area contributed by atoms with Crippen LogP contribution in [0, 0.1) is 13.8 Å². The molecule has 0 amide bonds. The average Bonchev–Trinajstić information content (AvgIpc) is 3.45. The molecule has 4 nitrogen and oxygen atoms in total. The second-order valence-electron chi connectivity index (χ2n) is 8.65. The van der Waals surface area contributed by atoms with Crippen molar-refractivity contribution in [3.63, 3.8) is 0 Å². The highest BCUT2D eigenvalue weighted by atomic mass is 16.5. The molecular formula is C28H21N2O2+. The number of aryl methyl sites for hydroxylation is 2. The van der Waals surface area contributed by atoms with Gasteiger partial charge in [-0.3, -0.25) is 0 Å². The molecule has 0 atom stereocenters. The van der Waals surface area contributed by atoms with Gasteiger partial charge in [0.05, 0.1) is 18.7 Å². The largest absolute Gasteiger partial charge is 0.433 e. The molecule has 32 heavy (non-hydrogen) atoms. The van der Waals surface area contributed by atoms with Gasteiger partial charge in [-0.2, -0.15) is 4.57 Å². The normalized spacial score (nSPS) is 12.2. The van der Waals surface area contributed by atoms with E-state index in [9.17, 15) is 0 Å². The number of imidazole rings is 1. The van der Waals surface area contributed by atoms with E-state index in [0.717, 1.165) is 16.4 Å². The first-order valence-corrected chi connectivity index (χ1v) is 10.8. The van der Waals surface area contributed by atoms with Crippen molar-refractivity contribution in [2.75, 3.05) is 0 Å². The number of benzene rings is 4. The second kappa shape index (κ2) is 6.01. The van der Waals surface area contributed by atoms with Gasteiger partial charge in [0.1, 0.15) is 11.3 Å². The van der Waals surface area contributed by atoms with Gasteiger partial charge in [-0.15, -0.1) is 0 Å². The van der Waals surface area contributed by atoms with Crippen molar-refractivity contribution in [3.8, 4) is 5.69 Å². The van der Waals surface area contributed by atoms with E-state index >= 15 is 0 Å². The number of para-hydroxylation sites is 1. The molecule has 0 aliphatic heterocycles. The maximum atomic E-state index is 5.98. The van der Waals surface area contributed by atoms with Crippen molar-refractivity contribution >= 4 is 54.7 Å². The van der Waals surface area contributed by atoms with Crippen LogP contribution < -0.4 is 4.57 Å². The lowest BCUT2D eigenvalue weighted by Crippen LogP contribution is -2.30. The summed E-state index contributed by atoms with van der Waals surface area (Å²) in [6, 6.07) is 23.9. The molecule has 0 saturated carbocycles. The van der Waals surface area contributed by atoms with E-state index in [1.807, 2.05) is 6.07 Å². The number of rotatable bonds is 1. The molecule has 0 radical (unpaired) electrons. The van der Waals surface area contributed by atoms with Crippen molar-refractivity contribution in [2.45, 2.75) is 13.8 Å². The maximum Gasteiger partial charge on any atom is 0.298 e. The molecular weight excluding hydrogens is 396 g/mol. The lowest BCUT2D eigenvalue weighted by molar-refractivity contribution is -0.652. The molecule has 3 aromatic heterocycles. The van der Waals surface area contributed by atoms with Crippen molar-refractivity contribution < 1.29 is 13.4 Å². The van der Waals surface area contributed by atoms with Crippen LogP contribution in [0.3, 0.4) is 0 Å². The minimum Gasteiger partial charge on any atom is -0.433 e. The number of hydrogen-bond donors (Lipinski definition) is 0. The highest BCUT2D eigenvalue weighted by Crippen LogP contribution is 2.36. The number of fused-ring (bicyclic) bond motifs is 7. The van der Waals surface area contributed by atoms with E-state index in [1.165, 1.54) is 49.7 Å². The van der Waals surface area contributed by atoms with Crippen LogP contribution in [0.25, 0.3) is 60.4 Å². The molecule has 0 bridgehead atoms. The van der Waals surface area contributed by atoms with Crippen LogP contribution in [0.1, 0.15) is 11.4 Å². The zero-order valence-corrected chi connectivity index (χ0v) is 18.1. The van der Waals surface area contributed by atoms with Gasteiger partial charge in [0.15, 0.2) is 11.0 Å². The first-order valence-electron chi connectivity index (χ1n) is 10.8. The van der Waals surface area contributed by atoms with Crippen LogP contribution in [0.5, 0.6) is 0 Å². The molecule has 0 saturated heterocycles. The predicted octanol–water partition coefficient (Wildman–Crippen LogP) is 6.87. The first-order chi connectivity index (χ1) is 15.6. The van der Waals surface area contributed by atoms with Crippen molar-refractivity contribution in [2.24, 2.45) is 7.05 Å². The summed E-state index contributed by atoms with van der Waals surface area (Å²) < 4.78 is 16.1.